The minimum absolute atomic E-state index is 0.189. The van der Waals surface area contributed by atoms with Gasteiger partial charge in [0.15, 0.2) is 12.6 Å². The Labute approximate surface area is 114 Å². The Kier molecular flexibility index (Phi) is 5.16. The van der Waals surface area contributed by atoms with E-state index in [1.165, 1.54) is 0 Å². The van der Waals surface area contributed by atoms with Crippen molar-refractivity contribution in [2.75, 3.05) is 19.8 Å². The molecule has 0 spiro atoms. The van der Waals surface area contributed by atoms with E-state index in [4.69, 9.17) is 14.2 Å². The third-order valence-electron chi connectivity index (χ3n) is 2.61. The second kappa shape index (κ2) is 6.87. The van der Waals surface area contributed by atoms with Crippen LogP contribution in [0.2, 0.25) is 0 Å². The zero-order valence-electron chi connectivity index (χ0n) is 9.93. The Hall–Kier alpha value is -0.910. The van der Waals surface area contributed by atoms with Crippen molar-refractivity contribution in [1.82, 2.24) is 0 Å². The van der Waals surface area contributed by atoms with Crippen molar-refractivity contribution in [2.45, 2.75) is 19.1 Å². The highest BCUT2D eigenvalue weighted by Crippen LogP contribution is 2.23. The van der Waals surface area contributed by atoms with Crippen LogP contribution in [0.5, 0.6) is 5.75 Å². The molecule has 1 aromatic carbocycles. The molecule has 1 aliphatic heterocycles. The van der Waals surface area contributed by atoms with Crippen LogP contribution in [0.3, 0.4) is 0 Å². The number of ether oxygens (including phenoxy) is 3. The van der Waals surface area contributed by atoms with Crippen molar-refractivity contribution in [3.05, 3.63) is 28.2 Å². The SMILES string of the molecule is O=Cc1ccc(Br)cc1OCCC1OCCCO1. The summed E-state index contributed by atoms with van der Waals surface area (Å²) in [6.07, 6.45) is 2.20. The first-order valence-electron chi connectivity index (χ1n) is 5.90. The smallest absolute Gasteiger partial charge is 0.160 e. The molecule has 5 heteroatoms. The molecule has 1 aliphatic rings. The molecule has 0 atom stereocenters. The number of halogens is 1. The minimum atomic E-state index is -0.189. The van der Waals surface area contributed by atoms with Crippen LogP contribution in [-0.4, -0.2) is 32.4 Å². The lowest BCUT2D eigenvalue weighted by Crippen LogP contribution is -2.26. The first-order chi connectivity index (χ1) is 8.79. The molecular formula is C13H15BrO4. The second-order valence-corrected chi connectivity index (χ2v) is 4.88. The van der Waals surface area contributed by atoms with Gasteiger partial charge in [0.05, 0.1) is 25.4 Å². The van der Waals surface area contributed by atoms with E-state index in [9.17, 15) is 4.79 Å². The molecule has 0 saturated carbocycles. The lowest BCUT2D eigenvalue weighted by Gasteiger charge is -2.23. The summed E-state index contributed by atoms with van der Waals surface area (Å²) in [6.45, 7) is 1.93. The molecule has 4 nitrogen and oxygen atoms in total. The number of benzene rings is 1. The summed E-state index contributed by atoms with van der Waals surface area (Å²) in [5.41, 5.74) is 0.545. The normalized spacial score (nSPS) is 16.5. The van der Waals surface area contributed by atoms with Gasteiger partial charge in [0.1, 0.15) is 5.75 Å². The largest absolute Gasteiger partial charge is 0.493 e. The van der Waals surface area contributed by atoms with Crippen LogP contribution in [0.15, 0.2) is 22.7 Å². The van der Waals surface area contributed by atoms with E-state index in [0.29, 0.717) is 24.3 Å². The van der Waals surface area contributed by atoms with E-state index in [2.05, 4.69) is 15.9 Å². The molecule has 0 aromatic heterocycles. The van der Waals surface area contributed by atoms with Crippen molar-refractivity contribution in [3.8, 4) is 5.75 Å². The maximum Gasteiger partial charge on any atom is 0.160 e. The van der Waals surface area contributed by atoms with Crippen LogP contribution < -0.4 is 4.74 Å². The summed E-state index contributed by atoms with van der Waals surface area (Å²) in [5.74, 6) is 0.579. The van der Waals surface area contributed by atoms with Gasteiger partial charge in [-0.25, -0.2) is 0 Å². The number of aldehydes is 1. The fourth-order valence-corrected chi connectivity index (χ4v) is 2.04. The molecule has 1 aromatic rings. The predicted octanol–water partition coefficient (Wildman–Crippen LogP) is 2.79. The van der Waals surface area contributed by atoms with E-state index in [-0.39, 0.29) is 6.29 Å². The minimum Gasteiger partial charge on any atom is -0.493 e. The standard InChI is InChI=1S/C13H15BrO4/c14-11-3-2-10(9-15)12(8-11)16-7-4-13-17-5-1-6-18-13/h2-3,8-9,13H,1,4-7H2. The molecule has 2 rings (SSSR count). The average Bonchev–Trinajstić information content (AvgIpc) is 2.40. The maximum absolute atomic E-state index is 10.9. The highest BCUT2D eigenvalue weighted by Gasteiger charge is 2.14. The van der Waals surface area contributed by atoms with E-state index < -0.39 is 0 Å². The molecule has 1 heterocycles. The monoisotopic (exact) mass is 314 g/mol. The van der Waals surface area contributed by atoms with Crippen LogP contribution in [-0.2, 0) is 9.47 Å². The van der Waals surface area contributed by atoms with E-state index in [0.717, 1.165) is 30.4 Å². The fraction of sp³-hybridized carbons (Fsp3) is 0.462. The summed E-state index contributed by atoms with van der Waals surface area (Å²) in [5, 5.41) is 0. The van der Waals surface area contributed by atoms with Gasteiger partial charge in [-0.05, 0) is 24.6 Å². The first-order valence-corrected chi connectivity index (χ1v) is 6.69. The van der Waals surface area contributed by atoms with E-state index in [1.807, 2.05) is 6.07 Å². The number of carbonyl (C=O) groups excluding carboxylic acids is 1. The van der Waals surface area contributed by atoms with Crippen molar-refractivity contribution in [3.63, 3.8) is 0 Å². The van der Waals surface area contributed by atoms with E-state index >= 15 is 0 Å². The van der Waals surface area contributed by atoms with Crippen LogP contribution >= 0.6 is 15.9 Å². The molecule has 0 N–H and O–H groups in total. The third-order valence-corrected chi connectivity index (χ3v) is 3.10. The average molecular weight is 315 g/mol. The van der Waals surface area contributed by atoms with Gasteiger partial charge < -0.3 is 14.2 Å². The summed E-state index contributed by atoms with van der Waals surface area (Å²) < 4.78 is 17.3. The van der Waals surface area contributed by atoms with Crippen molar-refractivity contribution in [1.29, 1.82) is 0 Å². The Morgan fingerprint density at radius 3 is 2.89 bits per heavy atom. The molecule has 0 radical (unpaired) electrons. The van der Waals surface area contributed by atoms with Crippen molar-refractivity contribution in [2.24, 2.45) is 0 Å². The van der Waals surface area contributed by atoms with Gasteiger partial charge in [-0.3, -0.25) is 4.79 Å². The van der Waals surface area contributed by atoms with Crippen molar-refractivity contribution >= 4 is 22.2 Å². The zero-order valence-corrected chi connectivity index (χ0v) is 11.5. The molecule has 18 heavy (non-hydrogen) atoms. The number of hydrogen-bond donors (Lipinski definition) is 0. The molecule has 1 saturated heterocycles. The van der Waals surface area contributed by atoms with Crippen molar-refractivity contribution < 1.29 is 19.0 Å². The summed E-state index contributed by atoms with van der Waals surface area (Å²) in [6, 6.07) is 5.32. The summed E-state index contributed by atoms with van der Waals surface area (Å²) >= 11 is 3.35. The highest BCUT2D eigenvalue weighted by atomic mass is 79.9. The van der Waals surface area contributed by atoms with Crippen LogP contribution in [0, 0.1) is 0 Å². The fourth-order valence-electron chi connectivity index (χ4n) is 1.70. The van der Waals surface area contributed by atoms with Crippen LogP contribution in [0.1, 0.15) is 23.2 Å². The molecule has 0 bridgehead atoms. The molecular weight excluding hydrogens is 300 g/mol. The number of rotatable bonds is 5. The lowest BCUT2D eigenvalue weighted by molar-refractivity contribution is -0.183. The van der Waals surface area contributed by atoms with Gasteiger partial charge in [0, 0.05) is 10.9 Å². The zero-order chi connectivity index (χ0) is 12.8. The van der Waals surface area contributed by atoms with Crippen LogP contribution in [0.4, 0.5) is 0 Å². The summed E-state index contributed by atoms with van der Waals surface area (Å²) in [4.78, 5) is 10.9. The lowest BCUT2D eigenvalue weighted by atomic mass is 10.2. The molecule has 1 fully saturated rings. The van der Waals surface area contributed by atoms with Gasteiger partial charge in [-0.1, -0.05) is 15.9 Å². The quantitative estimate of drug-likeness (QED) is 0.784. The Balaban J connectivity index is 1.85. The predicted molar refractivity (Wildman–Crippen MR) is 70.0 cm³/mol. The van der Waals surface area contributed by atoms with Gasteiger partial charge in [-0.15, -0.1) is 0 Å². The molecule has 0 unspecified atom stereocenters. The summed E-state index contributed by atoms with van der Waals surface area (Å²) in [7, 11) is 0. The van der Waals surface area contributed by atoms with Gasteiger partial charge in [-0.2, -0.15) is 0 Å². The highest BCUT2D eigenvalue weighted by molar-refractivity contribution is 9.10. The second-order valence-electron chi connectivity index (χ2n) is 3.96. The van der Waals surface area contributed by atoms with Gasteiger partial charge in [0.25, 0.3) is 0 Å². The third kappa shape index (κ3) is 3.80. The first kappa shape index (κ1) is 13.5. The Bertz CT molecular complexity index is 402. The number of carbonyl (C=O) groups is 1. The molecule has 0 aliphatic carbocycles. The van der Waals surface area contributed by atoms with Crippen LogP contribution in [0.25, 0.3) is 0 Å². The Morgan fingerprint density at radius 1 is 1.39 bits per heavy atom. The van der Waals surface area contributed by atoms with Gasteiger partial charge in [0.2, 0.25) is 0 Å². The molecule has 98 valence electrons. The Morgan fingerprint density at radius 2 is 2.17 bits per heavy atom. The topological polar surface area (TPSA) is 44.8 Å². The molecule has 0 amide bonds. The van der Waals surface area contributed by atoms with Gasteiger partial charge >= 0.3 is 0 Å². The maximum atomic E-state index is 10.9. The number of hydrogen-bond acceptors (Lipinski definition) is 4. The van der Waals surface area contributed by atoms with E-state index in [1.54, 1.807) is 12.1 Å².